The molecular formula is C16H11Cl2NO4. The Labute approximate surface area is 141 Å². The minimum absolute atomic E-state index is 0.270. The van der Waals surface area contributed by atoms with Crippen molar-refractivity contribution in [3.63, 3.8) is 0 Å². The van der Waals surface area contributed by atoms with Gasteiger partial charge in [-0.1, -0.05) is 53.5 Å². The van der Waals surface area contributed by atoms with E-state index in [9.17, 15) is 14.7 Å². The fourth-order valence-corrected chi connectivity index (χ4v) is 3.22. The third-order valence-electron chi connectivity index (χ3n) is 3.91. The van der Waals surface area contributed by atoms with Gasteiger partial charge in [-0.05, 0) is 23.8 Å². The van der Waals surface area contributed by atoms with Crippen LogP contribution in [0.25, 0.3) is 0 Å². The standard InChI is InChI=1S/C16H11Cl2NO4/c17-10-7-5-9(6-8-10)15(11-3-1-2-4-12(11)18)16(23-15,13(19)20)14(21)22/h1-8H,(H2,19,20)(H,21,22)/t15-,16-/m1/s1. The van der Waals surface area contributed by atoms with E-state index in [2.05, 4.69) is 0 Å². The average Bonchev–Trinajstić information content (AvgIpc) is 3.21. The van der Waals surface area contributed by atoms with Crippen LogP contribution in [-0.4, -0.2) is 22.6 Å². The lowest BCUT2D eigenvalue weighted by Crippen LogP contribution is -2.45. The molecule has 0 aromatic heterocycles. The summed E-state index contributed by atoms with van der Waals surface area (Å²) < 4.78 is 5.51. The van der Waals surface area contributed by atoms with Crippen LogP contribution in [0.2, 0.25) is 10.0 Å². The highest BCUT2D eigenvalue weighted by molar-refractivity contribution is 6.32. The fourth-order valence-electron chi connectivity index (χ4n) is 2.82. The molecule has 0 saturated carbocycles. The number of aliphatic carboxylic acids is 1. The van der Waals surface area contributed by atoms with Gasteiger partial charge in [-0.15, -0.1) is 0 Å². The van der Waals surface area contributed by atoms with Gasteiger partial charge in [0.15, 0.2) is 5.60 Å². The van der Waals surface area contributed by atoms with Crippen LogP contribution in [0.4, 0.5) is 0 Å². The number of carboxylic acid groups (broad SMARTS) is 1. The maximum absolute atomic E-state index is 11.9. The lowest BCUT2D eigenvalue weighted by atomic mass is 9.80. The number of epoxide rings is 1. The van der Waals surface area contributed by atoms with Gasteiger partial charge in [0.25, 0.3) is 11.5 Å². The molecule has 7 heteroatoms. The molecule has 0 unspecified atom stereocenters. The predicted molar refractivity (Wildman–Crippen MR) is 84.3 cm³/mol. The first-order chi connectivity index (χ1) is 10.9. The van der Waals surface area contributed by atoms with Crippen LogP contribution >= 0.6 is 23.2 Å². The van der Waals surface area contributed by atoms with E-state index in [0.717, 1.165) is 0 Å². The summed E-state index contributed by atoms with van der Waals surface area (Å²) in [7, 11) is 0. The third kappa shape index (κ3) is 2.05. The van der Waals surface area contributed by atoms with Crippen LogP contribution in [0.5, 0.6) is 0 Å². The molecule has 1 saturated heterocycles. The van der Waals surface area contributed by atoms with Crippen molar-refractivity contribution in [2.24, 2.45) is 5.73 Å². The van der Waals surface area contributed by atoms with Crippen molar-refractivity contribution in [2.75, 3.05) is 0 Å². The Kier molecular flexibility index (Phi) is 3.59. The van der Waals surface area contributed by atoms with Crippen LogP contribution in [0.15, 0.2) is 48.5 Å². The normalized spacial score (nSPS) is 25.8. The number of hydrogen-bond acceptors (Lipinski definition) is 3. The van der Waals surface area contributed by atoms with Gasteiger partial charge >= 0.3 is 5.97 Å². The van der Waals surface area contributed by atoms with Crippen LogP contribution in [0, 0.1) is 0 Å². The Balaban J connectivity index is 2.29. The summed E-state index contributed by atoms with van der Waals surface area (Å²) in [6.07, 6.45) is 0. The van der Waals surface area contributed by atoms with E-state index in [1.165, 1.54) is 0 Å². The summed E-state index contributed by atoms with van der Waals surface area (Å²) in [6, 6.07) is 12.9. The zero-order valence-corrected chi connectivity index (χ0v) is 13.1. The molecule has 1 heterocycles. The van der Waals surface area contributed by atoms with Gasteiger partial charge in [0, 0.05) is 15.6 Å². The molecule has 0 spiro atoms. The minimum atomic E-state index is -2.22. The lowest BCUT2D eigenvalue weighted by molar-refractivity contribution is -0.147. The lowest BCUT2D eigenvalue weighted by Gasteiger charge is -2.18. The van der Waals surface area contributed by atoms with E-state index in [1.807, 2.05) is 0 Å². The molecule has 1 fully saturated rings. The molecule has 1 amide bonds. The topological polar surface area (TPSA) is 92.9 Å². The molecule has 2 aromatic carbocycles. The number of nitrogens with two attached hydrogens (primary N) is 1. The number of carbonyl (C=O) groups is 2. The monoisotopic (exact) mass is 351 g/mol. The maximum atomic E-state index is 11.9. The van der Waals surface area contributed by atoms with Gasteiger partial charge in [0.1, 0.15) is 0 Å². The highest BCUT2D eigenvalue weighted by Crippen LogP contribution is 2.61. The Morgan fingerprint density at radius 1 is 1.04 bits per heavy atom. The quantitative estimate of drug-likeness (QED) is 0.653. The molecule has 3 rings (SSSR count). The Bertz CT molecular complexity index is 792. The summed E-state index contributed by atoms with van der Waals surface area (Å²) in [6.45, 7) is 0. The zero-order valence-electron chi connectivity index (χ0n) is 11.6. The molecule has 1 aliphatic rings. The second-order valence-electron chi connectivity index (χ2n) is 5.12. The first-order valence-electron chi connectivity index (χ1n) is 6.61. The molecule has 118 valence electrons. The van der Waals surface area contributed by atoms with Crippen LogP contribution < -0.4 is 5.73 Å². The molecule has 1 aliphatic heterocycles. The summed E-state index contributed by atoms with van der Waals surface area (Å²) in [5.74, 6) is -2.57. The number of carbonyl (C=O) groups excluding carboxylic acids is 1. The first kappa shape index (κ1) is 15.8. The molecule has 0 radical (unpaired) electrons. The van der Waals surface area contributed by atoms with Crippen molar-refractivity contribution < 1.29 is 19.4 Å². The minimum Gasteiger partial charge on any atom is -0.479 e. The van der Waals surface area contributed by atoms with E-state index in [1.54, 1.807) is 48.5 Å². The second-order valence-corrected chi connectivity index (χ2v) is 5.96. The molecule has 3 N–H and O–H groups in total. The van der Waals surface area contributed by atoms with Gasteiger partial charge in [-0.3, -0.25) is 4.79 Å². The Hall–Kier alpha value is -2.08. The molecule has 0 bridgehead atoms. The second kappa shape index (κ2) is 5.23. The number of benzene rings is 2. The largest absolute Gasteiger partial charge is 0.479 e. The molecule has 2 atom stereocenters. The third-order valence-corrected chi connectivity index (χ3v) is 4.49. The van der Waals surface area contributed by atoms with Crippen molar-refractivity contribution in [3.05, 3.63) is 69.7 Å². The smallest absolute Gasteiger partial charge is 0.349 e. The highest BCUT2D eigenvalue weighted by atomic mass is 35.5. The van der Waals surface area contributed by atoms with Crippen molar-refractivity contribution in [1.29, 1.82) is 0 Å². The number of hydrogen-bond donors (Lipinski definition) is 2. The van der Waals surface area contributed by atoms with E-state index < -0.39 is 23.1 Å². The zero-order chi connectivity index (χ0) is 16.8. The average molecular weight is 352 g/mol. The van der Waals surface area contributed by atoms with Crippen molar-refractivity contribution in [1.82, 2.24) is 0 Å². The molecule has 5 nitrogen and oxygen atoms in total. The van der Waals surface area contributed by atoms with E-state index in [0.29, 0.717) is 16.1 Å². The number of halogens is 2. The maximum Gasteiger partial charge on any atom is 0.349 e. The number of carboxylic acids is 1. The van der Waals surface area contributed by atoms with Crippen LogP contribution in [0.3, 0.4) is 0 Å². The summed E-state index contributed by atoms with van der Waals surface area (Å²) >= 11 is 12.1. The SMILES string of the molecule is NC(=O)[C@]1(C(=O)O)O[C@]1(c1ccc(Cl)cc1)c1ccccc1Cl. The molecule has 0 aliphatic carbocycles. The van der Waals surface area contributed by atoms with Crippen molar-refractivity contribution in [3.8, 4) is 0 Å². The van der Waals surface area contributed by atoms with Gasteiger partial charge in [-0.2, -0.15) is 0 Å². The predicted octanol–water partition coefficient (Wildman–Crippen LogP) is 2.58. The fraction of sp³-hybridized carbons (Fsp3) is 0.125. The van der Waals surface area contributed by atoms with E-state index >= 15 is 0 Å². The van der Waals surface area contributed by atoms with Crippen molar-refractivity contribution in [2.45, 2.75) is 11.2 Å². The van der Waals surface area contributed by atoms with Gasteiger partial charge < -0.3 is 15.6 Å². The first-order valence-corrected chi connectivity index (χ1v) is 7.36. The van der Waals surface area contributed by atoms with E-state index in [4.69, 9.17) is 33.7 Å². The van der Waals surface area contributed by atoms with E-state index in [-0.39, 0.29) is 5.02 Å². The highest BCUT2D eigenvalue weighted by Gasteiger charge is 2.81. The molecule has 23 heavy (non-hydrogen) atoms. The van der Waals surface area contributed by atoms with Crippen LogP contribution in [-0.2, 0) is 19.9 Å². The number of ether oxygens (including phenoxy) is 1. The number of amides is 1. The summed E-state index contributed by atoms with van der Waals surface area (Å²) in [5, 5.41) is 10.3. The molecule has 2 aromatic rings. The summed E-state index contributed by atoms with van der Waals surface area (Å²) in [5.41, 5.74) is 2.32. The Morgan fingerprint density at radius 2 is 1.65 bits per heavy atom. The number of primary amides is 1. The molecular weight excluding hydrogens is 341 g/mol. The Morgan fingerprint density at radius 3 is 2.13 bits per heavy atom. The van der Waals surface area contributed by atoms with Gasteiger partial charge in [0.05, 0.1) is 0 Å². The number of rotatable bonds is 4. The summed E-state index contributed by atoms with van der Waals surface area (Å²) in [4.78, 5) is 23.7. The van der Waals surface area contributed by atoms with Gasteiger partial charge in [-0.25, -0.2) is 4.79 Å². The van der Waals surface area contributed by atoms with Gasteiger partial charge in [0.2, 0.25) is 0 Å². The van der Waals surface area contributed by atoms with Crippen molar-refractivity contribution >= 4 is 35.1 Å². The van der Waals surface area contributed by atoms with Crippen LogP contribution in [0.1, 0.15) is 11.1 Å².